The van der Waals surface area contributed by atoms with Crippen molar-refractivity contribution in [1.82, 2.24) is 50.0 Å². The highest BCUT2D eigenvalue weighted by atomic mass is 35.5. The van der Waals surface area contributed by atoms with Gasteiger partial charge in [-0.15, -0.1) is 0 Å². The fraction of sp³-hybridized carbons (Fsp3) is 0.444. The second-order valence-electron chi connectivity index (χ2n) is 17.1. The van der Waals surface area contributed by atoms with Crippen molar-refractivity contribution in [2.75, 3.05) is 25.0 Å². The number of rotatable bonds is 3. The molecule has 1 aliphatic carbocycles. The standard InChI is InChI=1S/C24H27N7.C13H17ClN2O2.C8H9ClN2/c1-15-2-4-18(5-3-15)31-21-14-26-9-7-19(21)20-13-28-24(30-23(20)31)29-22-10-16-6-8-25-11-17(16)12-27-22;1-13(2,3)18-12(17)16-5-4-9-6-11(14)15-7-10(9)8-16;9-8-3-6-1-2-10-4-7(6)5-11-8/h7,9-10,12-15,18,25H,2-6,8,11H2,1H3,(H,27,28,29,30);6-7H,4-5,8H2,1-3H3;3,5,10H,1-2,4H2. The van der Waals surface area contributed by atoms with Crippen LogP contribution < -0.4 is 16.0 Å². The minimum absolute atomic E-state index is 0.275. The first-order valence-electron chi connectivity index (χ1n) is 21.0. The summed E-state index contributed by atoms with van der Waals surface area (Å²) in [6.07, 6.45) is 18.8. The molecule has 6 aromatic heterocycles. The molecule has 9 heterocycles. The quantitative estimate of drug-likeness (QED) is 0.147. The number of aromatic nitrogens is 7. The van der Waals surface area contributed by atoms with Crippen molar-refractivity contribution in [1.29, 1.82) is 0 Å². The topological polar surface area (TPSA) is 148 Å². The van der Waals surface area contributed by atoms with E-state index in [1.807, 2.05) is 63.9 Å². The van der Waals surface area contributed by atoms with Gasteiger partial charge in [-0.2, -0.15) is 4.98 Å². The van der Waals surface area contributed by atoms with Crippen LogP contribution in [0.5, 0.6) is 0 Å². The van der Waals surface area contributed by atoms with Gasteiger partial charge in [0.15, 0.2) is 0 Å². The predicted molar refractivity (Wildman–Crippen MR) is 237 cm³/mol. The first kappa shape index (κ1) is 41.8. The molecule has 0 atom stereocenters. The monoisotopic (exact) mass is 849 g/mol. The Labute approximate surface area is 361 Å². The zero-order chi connectivity index (χ0) is 41.8. The lowest BCUT2D eigenvalue weighted by Crippen LogP contribution is -2.39. The van der Waals surface area contributed by atoms with Crippen LogP contribution in [0, 0.1) is 5.92 Å². The molecule has 0 radical (unpaired) electrons. The van der Waals surface area contributed by atoms with Gasteiger partial charge in [0.1, 0.15) is 27.4 Å². The summed E-state index contributed by atoms with van der Waals surface area (Å²) >= 11 is 11.6. The molecule has 6 aromatic rings. The maximum absolute atomic E-state index is 11.9. The molecule has 10 rings (SSSR count). The van der Waals surface area contributed by atoms with E-state index in [2.05, 4.69) is 64.5 Å². The lowest BCUT2D eigenvalue weighted by atomic mass is 9.87. The van der Waals surface area contributed by atoms with E-state index in [1.54, 1.807) is 11.1 Å². The van der Waals surface area contributed by atoms with E-state index in [0.29, 0.717) is 35.4 Å². The number of nitrogens with zero attached hydrogens (tertiary/aromatic N) is 8. The van der Waals surface area contributed by atoms with Crippen LogP contribution in [-0.2, 0) is 43.6 Å². The van der Waals surface area contributed by atoms with Crippen LogP contribution in [0.2, 0.25) is 10.3 Å². The molecule has 0 spiro atoms. The van der Waals surface area contributed by atoms with Gasteiger partial charge in [0.2, 0.25) is 5.95 Å². The summed E-state index contributed by atoms with van der Waals surface area (Å²) in [5.74, 6) is 2.20. The van der Waals surface area contributed by atoms with Crippen molar-refractivity contribution < 1.29 is 9.53 Å². The molecule has 314 valence electrons. The van der Waals surface area contributed by atoms with Crippen LogP contribution in [0.15, 0.2) is 61.4 Å². The van der Waals surface area contributed by atoms with E-state index in [1.165, 1.54) is 53.3 Å². The number of anilines is 2. The second-order valence-corrected chi connectivity index (χ2v) is 17.9. The Morgan fingerprint density at radius 2 is 1.43 bits per heavy atom. The highest BCUT2D eigenvalue weighted by Crippen LogP contribution is 2.38. The third-order valence-electron chi connectivity index (χ3n) is 11.6. The summed E-state index contributed by atoms with van der Waals surface area (Å²) in [5, 5.41) is 13.4. The Hall–Kier alpha value is -4.95. The summed E-state index contributed by atoms with van der Waals surface area (Å²) < 4.78 is 7.76. The Morgan fingerprint density at radius 1 is 0.783 bits per heavy atom. The number of carbonyl (C=O) groups excluding carboxylic acids is 1. The van der Waals surface area contributed by atoms with Crippen LogP contribution in [0.25, 0.3) is 21.9 Å². The van der Waals surface area contributed by atoms with E-state index in [9.17, 15) is 4.79 Å². The van der Waals surface area contributed by atoms with Gasteiger partial charge in [0.05, 0.1) is 18.3 Å². The third-order valence-corrected chi connectivity index (χ3v) is 12.0. The average Bonchev–Trinajstić information content (AvgIpc) is 3.57. The van der Waals surface area contributed by atoms with Gasteiger partial charge in [0, 0.05) is 67.4 Å². The largest absolute Gasteiger partial charge is 0.444 e. The predicted octanol–water partition coefficient (Wildman–Crippen LogP) is 8.92. The van der Waals surface area contributed by atoms with Crippen LogP contribution in [0.3, 0.4) is 0 Å². The minimum Gasteiger partial charge on any atom is -0.444 e. The normalized spacial score (nSPS) is 18.5. The number of ether oxygens (including phenoxy) is 1. The Balaban J connectivity index is 0.000000144. The molecule has 1 fully saturated rings. The highest BCUT2D eigenvalue weighted by molar-refractivity contribution is 6.29. The van der Waals surface area contributed by atoms with Gasteiger partial charge in [0.25, 0.3) is 0 Å². The number of halogens is 2. The SMILES string of the molecule is CC(C)(C)OC(=O)N1CCc2cc(Cl)ncc2C1.CC1CCC(n2c3cnccc3c3cnc(Nc4cc5c(cn4)CNCC5)nc32)CC1.Clc1cc2c(cn1)CNCC2. The summed E-state index contributed by atoms with van der Waals surface area (Å²) in [5.41, 5.74) is 9.11. The van der Waals surface area contributed by atoms with E-state index in [-0.39, 0.29) is 6.09 Å². The van der Waals surface area contributed by atoms with Crippen molar-refractivity contribution in [3.63, 3.8) is 0 Å². The number of carbonyl (C=O) groups is 1. The number of nitrogens with one attached hydrogen (secondary N) is 3. The summed E-state index contributed by atoms with van der Waals surface area (Å²) in [4.78, 5) is 40.3. The lowest BCUT2D eigenvalue weighted by molar-refractivity contribution is 0.0223. The Bertz CT molecular complexity index is 2480. The molecule has 3 N–H and O–H groups in total. The van der Waals surface area contributed by atoms with Crippen LogP contribution in [-0.4, -0.2) is 70.7 Å². The Morgan fingerprint density at radius 3 is 2.13 bits per heavy atom. The van der Waals surface area contributed by atoms with Crippen LogP contribution in [0.1, 0.15) is 92.8 Å². The molecule has 0 aromatic carbocycles. The van der Waals surface area contributed by atoms with E-state index in [0.717, 1.165) is 84.9 Å². The zero-order valence-corrected chi connectivity index (χ0v) is 36.3. The van der Waals surface area contributed by atoms with Crippen LogP contribution in [0.4, 0.5) is 16.6 Å². The summed E-state index contributed by atoms with van der Waals surface area (Å²) in [6.45, 7) is 13.0. The molecule has 1 amide bonds. The van der Waals surface area contributed by atoms with Crippen LogP contribution >= 0.6 is 23.2 Å². The van der Waals surface area contributed by atoms with Crippen molar-refractivity contribution in [3.8, 4) is 0 Å². The fourth-order valence-corrected chi connectivity index (χ4v) is 8.73. The molecule has 15 heteroatoms. The maximum Gasteiger partial charge on any atom is 0.410 e. The third kappa shape index (κ3) is 9.97. The van der Waals surface area contributed by atoms with Gasteiger partial charge in [-0.25, -0.2) is 24.7 Å². The summed E-state index contributed by atoms with van der Waals surface area (Å²) in [7, 11) is 0. The fourth-order valence-electron chi connectivity index (χ4n) is 8.37. The first-order valence-corrected chi connectivity index (χ1v) is 21.7. The van der Waals surface area contributed by atoms with E-state index in [4.69, 9.17) is 32.9 Å². The van der Waals surface area contributed by atoms with Gasteiger partial charge in [-0.1, -0.05) is 30.1 Å². The van der Waals surface area contributed by atoms with Gasteiger partial charge < -0.3 is 30.2 Å². The van der Waals surface area contributed by atoms with Crippen molar-refractivity contribution in [2.24, 2.45) is 5.92 Å². The number of amides is 1. The van der Waals surface area contributed by atoms with Crippen molar-refractivity contribution >= 4 is 63.0 Å². The number of hydrogen-bond acceptors (Lipinski definition) is 11. The maximum atomic E-state index is 11.9. The van der Waals surface area contributed by atoms with E-state index < -0.39 is 5.60 Å². The van der Waals surface area contributed by atoms with Crippen molar-refractivity contribution in [2.45, 2.75) is 104 Å². The lowest BCUT2D eigenvalue weighted by Gasteiger charge is -2.31. The molecule has 1 saturated carbocycles. The van der Waals surface area contributed by atoms with Gasteiger partial charge in [-0.05, 0) is 142 Å². The first-order chi connectivity index (χ1) is 29.0. The molecule has 0 saturated heterocycles. The Kier molecular flexibility index (Phi) is 12.8. The second kappa shape index (κ2) is 18.3. The zero-order valence-electron chi connectivity index (χ0n) is 34.8. The molecule has 0 bridgehead atoms. The molecule has 3 aliphatic heterocycles. The molecular formula is C45H53Cl2N11O2. The number of fused-ring (bicyclic) bond motifs is 6. The smallest absolute Gasteiger partial charge is 0.410 e. The van der Waals surface area contributed by atoms with Gasteiger partial charge >= 0.3 is 6.09 Å². The molecule has 0 unspecified atom stereocenters. The molecule has 13 nitrogen and oxygen atoms in total. The highest BCUT2D eigenvalue weighted by Gasteiger charge is 2.27. The number of hydrogen-bond donors (Lipinski definition) is 3. The van der Waals surface area contributed by atoms with Gasteiger partial charge in [-0.3, -0.25) is 4.98 Å². The van der Waals surface area contributed by atoms with E-state index >= 15 is 0 Å². The average molecular weight is 851 g/mol. The molecular weight excluding hydrogens is 797 g/mol. The molecule has 60 heavy (non-hydrogen) atoms. The summed E-state index contributed by atoms with van der Waals surface area (Å²) in [6, 6.07) is 8.49. The molecule has 4 aliphatic rings. The van der Waals surface area contributed by atoms with Crippen molar-refractivity contribution in [3.05, 3.63) is 105 Å². The minimum atomic E-state index is -0.463. The number of pyridine rings is 4.